The zero-order chi connectivity index (χ0) is 10.8. The van der Waals surface area contributed by atoms with Gasteiger partial charge in [-0.15, -0.1) is 0 Å². The van der Waals surface area contributed by atoms with E-state index in [0.717, 1.165) is 11.1 Å². The molecule has 0 spiro atoms. The van der Waals surface area contributed by atoms with Crippen LogP contribution in [0.5, 0.6) is 11.5 Å². The smallest absolute Gasteiger partial charge is 0.124 e. The third kappa shape index (κ3) is 1.94. The Balaban J connectivity index is 2.53. The summed E-state index contributed by atoms with van der Waals surface area (Å²) in [6, 6.07) is 13.3. The van der Waals surface area contributed by atoms with Crippen LogP contribution < -0.4 is 0 Å². The average molecular weight is 199 g/mol. The van der Waals surface area contributed by atoms with Crippen LogP contribution in [0.4, 0.5) is 0 Å². The number of rotatable bonds is 1. The summed E-state index contributed by atoms with van der Waals surface area (Å²) in [6.07, 6.45) is 0. The highest BCUT2D eigenvalue weighted by atomic mass is 16.3. The maximum absolute atomic E-state index is 9.62. The van der Waals surface area contributed by atoms with Crippen LogP contribution in [0.2, 0.25) is 0 Å². The molecule has 2 aromatic carbocycles. The second-order valence-electron chi connectivity index (χ2n) is 3.47. The van der Waals surface area contributed by atoms with Crippen LogP contribution in [0.3, 0.4) is 0 Å². The van der Waals surface area contributed by atoms with Crippen LogP contribution in [0, 0.1) is 13.0 Å². The molecule has 0 amide bonds. The molecule has 0 aromatic heterocycles. The van der Waals surface area contributed by atoms with Gasteiger partial charge in [-0.2, -0.15) is 0 Å². The number of benzene rings is 2. The summed E-state index contributed by atoms with van der Waals surface area (Å²) in [4.78, 5) is 0. The van der Waals surface area contributed by atoms with Gasteiger partial charge in [-0.3, -0.25) is 0 Å². The summed E-state index contributed by atoms with van der Waals surface area (Å²) in [5, 5.41) is 18.9. The molecule has 0 unspecified atom stereocenters. The standard InChI is InChI=1S/C13H11O2/c1-9-2-4-10(5-3-9)12-8-11(14)6-7-13(12)15/h2-7,14-15H,1H3. The first kappa shape index (κ1) is 9.59. The van der Waals surface area contributed by atoms with Crippen molar-refractivity contribution >= 4 is 0 Å². The number of aromatic hydroxyl groups is 2. The van der Waals surface area contributed by atoms with E-state index in [9.17, 15) is 10.2 Å². The van der Waals surface area contributed by atoms with Crippen LogP contribution in [-0.2, 0) is 0 Å². The number of phenolic OH excluding ortho intramolecular Hbond substituents is 2. The van der Waals surface area contributed by atoms with E-state index in [4.69, 9.17) is 0 Å². The van der Waals surface area contributed by atoms with Crippen molar-refractivity contribution in [3.8, 4) is 22.6 Å². The van der Waals surface area contributed by atoms with Gasteiger partial charge in [0.05, 0.1) is 0 Å². The molecule has 2 rings (SSSR count). The Bertz CT molecular complexity index is 472. The molecule has 2 heteroatoms. The fourth-order valence-electron chi connectivity index (χ4n) is 1.42. The van der Waals surface area contributed by atoms with E-state index >= 15 is 0 Å². The van der Waals surface area contributed by atoms with Crippen molar-refractivity contribution in [1.82, 2.24) is 0 Å². The molecule has 0 aliphatic rings. The Labute approximate surface area is 88.4 Å². The molecular weight excluding hydrogens is 188 g/mol. The minimum Gasteiger partial charge on any atom is -0.507 e. The van der Waals surface area contributed by atoms with Gasteiger partial charge in [-0.25, -0.2) is 0 Å². The van der Waals surface area contributed by atoms with Crippen LogP contribution in [-0.4, -0.2) is 10.2 Å². The summed E-state index contributed by atoms with van der Waals surface area (Å²) in [6.45, 7) is 2.00. The third-order valence-electron chi connectivity index (χ3n) is 2.25. The highest BCUT2D eigenvalue weighted by molar-refractivity contribution is 5.70. The highest BCUT2D eigenvalue weighted by Gasteiger charge is 2.05. The first-order chi connectivity index (χ1) is 7.16. The van der Waals surface area contributed by atoms with Crippen LogP contribution in [0.25, 0.3) is 11.1 Å². The molecule has 0 aliphatic heterocycles. The predicted molar refractivity (Wildman–Crippen MR) is 58.8 cm³/mol. The summed E-state index contributed by atoms with van der Waals surface area (Å²) < 4.78 is 0. The zero-order valence-electron chi connectivity index (χ0n) is 8.36. The van der Waals surface area contributed by atoms with Crippen LogP contribution in [0.15, 0.2) is 36.4 Å². The second-order valence-corrected chi connectivity index (χ2v) is 3.47. The Morgan fingerprint density at radius 3 is 2.27 bits per heavy atom. The minimum absolute atomic E-state index is 0.0309. The van der Waals surface area contributed by atoms with Gasteiger partial charge in [0, 0.05) is 11.6 Å². The second kappa shape index (κ2) is 3.65. The van der Waals surface area contributed by atoms with Crippen molar-refractivity contribution < 1.29 is 10.2 Å². The van der Waals surface area contributed by atoms with Crippen LogP contribution in [0.1, 0.15) is 5.56 Å². The molecule has 2 N–H and O–H groups in total. The van der Waals surface area contributed by atoms with E-state index in [1.807, 2.05) is 31.2 Å². The number of hydrogen-bond donors (Lipinski definition) is 2. The molecule has 0 heterocycles. The monoisotopic (exact) mass is 199 g/mol. The van der Waals surface area contributed by atoms with E-state index < -0.39 is 0 Å². The summed E-state index contributed by atoms with van der Waals surface area (Å²) in [5.74, 6) is 0.153. The Morgan fingerprint density at radius 1 is 0.933 bits per heavy atom. The maximum Gasteiger partial charge on any atom is 0.124 e. The van der Waals surface area contributed by atoms with Crippen molar-refractivity contribution in [1.29, 1.82) is 0 Å². The molecule has 0 atom stereocenters. The van der Waals surface area contributed by atoms with Crippen molar-refractivity contribution in [2.45, 2.75) is 6.92 Å². The zero-order valence-corrected chi connectivity index (χ0v) is 8.36. The Morgan fingerprint density at radius 2 is 1.60 bits per heavy atom. The fourth-order valence-corrected chi connectivity index (χ4v) is 1.42. The first-order valence-electron chi connectivity index (χ1n) is 4.68. The Hall–Kier alpha value is -1.96. The minimum atomic E-state index is 0.0309. The summed E-state index contributed by atoms with van der Waals surface area (Å²) in [7, 11) is 0. The van der Waals surface area contributed by atoms with Crippen LogP contribution >= 0.6 is 0 Å². The Kier molecular flexibility index (Phi) is 2.34. The van der Waals surface area contributed by atoms with E-state index in [0.29, 0.717) is 5.56 Å². The topological polar surface area (TPSA) is 40.5 Å². The van der Waals surface area contributed by atoms with Gasteiger partial charge in [0.2, 0.25) is 0 Å². The molecule has 0 bridgehead atoms. The fraction of sp³-hybridized carbons (Fsp3) is 0.0769. The molecule has 15 heavy (non-hydrogen) atoms. The molecule has 2 nitrogen and oxygen atoms in total. The van der Waals surface area contributed by atoms with Gasteiger partial charge in [0.25, 0.3) is 0 Å². The SMILES string of the molecule is Cc1ccc(-c2[c]c(O)ccc2O)cc1. The molecule has 1 radical (unpaired) electrons. The molecule has 0 saturated heterocycles. The summed E-state index contributed by atoms with van der Waals surface area (Å²) >= 11 is 0. The van der Waals surface area contributed by atoms with Gasteiger partial charge >= 0.3 is 0 Å². The third-order valence-corrected chi connectivity index (χ3v) is 2.25. The van der Waals surface area contributed by atoms with Gasteiger partial charge in [0.15, 0.2) is 0 Å². The van der Waals surface area contributed by atoms with Gasteiger partial charge in [-0.05, 0) is 24.6 Å². The van der Waals surface area contributed by atoms with Crippen molar-refractivity contribution in [3.63, 3.8) is 0 Å². The highest BCUT2D eigenvalue weighted by Crippen LogP contribution is 2.31. The molecular formula is C13H11O2. The molecule has 2 aromatic rings. The lowest BCUT2D eigenvalue weighted by molar-refractivity contribution is 0.461. The maximum atomic E-state index is 9.62. The summed E-state index contributed by atoms with van der Waals surface area (Å²) in [5.41, 5.74) is 2.52. The van der Waals surface area contributed by atoms with E-state index in [-0.39, 0.29) is 11.5 Å². The number of aryl methyl sites for hydroxylation is 1. The molecule has 0 aliphatic carbocycles. The molecule has 0 saturated carbocycles. The van der Waals surface area contributed by atoms with Crippen molar-refractivity contribution in [2.24, 2.45) is 0 Å². The normalized spacial score (nSPS) is 10.2. The van der Waals surface area contributed by atoms with E-state index in [2.05, 4.69) is 6.07 Å². The number of hydrogen-bond acceptors (Lipinski definition) is 2. The number of phenols is 2. The lowest BCUT2D eigenvalue weighted by atomic mass is 10.0. The van der Waals surface area contributed by atoms with Gasteiger partial charge in [-0.1, -0.05) is 29.8 Å². The van der Waals surface area contributed by atoms with Crippen molar-refractivity contribution in [3.05, 3.63) is 48.0 Å². The average Bonchev–Trinajstić information content (AvgIpc) is 2.23. The van der Waals surface area contributed by atoms with Gasteiger partial charge < -0.3 is 10.2 Å². The predicted octanol–water partition coefficient (Wildman–Crippen LogP) is 2.87. The lowest BCUT2D eigenvalue weighted by Gasteiger charge is -2.05. The van der Waals surface area contributed by atoms with Gasteiger partial charge in [0.1, 0.15) is 11.5 Å². The molecule has 0 fully saturated rings. The van der Waals surface area contributed by atoms with E-state index in [1.54, 1.807) is 0 Å². The van der Waals surface area contributed by atoms with E-state index in [1.165, 1.54) is 12.1 Å². The first-order valence-corrected chi connectivity index (χ1v) is 4.68. The van der Waals surface area contributed by atoms with Crippen molar-refractivity contribution in [2.75, 3.05) is 0 Å². The lowest BCUT2D eigenvalue weighted by Crippen LogP contribution is -1.80. The quantitative estimate of drug-likeness (QED) is 0.693. The molecule has 75 valence electrons. The largest absolute Gasteiger partial charge is 0.507 e.